The second-order valence-electron chi connectivity index (χ2n) is 4.78. The quantitative estimate of drug-likeness (QED) is 0.564. The first-order chi connectivity index (χ1) is 9.46. The first-order valence-corrected chi connectivity index (χ1v) is 6.63. The van der Waals surface area contributed by atoms with Crippen molar-refractivity contribution < 1.29 is 14.8 Å². The van der Waals surface area contributed by atoms with Gasteiger partial charge in [-0.2, -0.15) is 0 Å². The molecule has 110 valence electrons. The standard InChI is InChI=1S/C14H20N2O4/c1-3-14(4-2,13(17)18)10-15-9-11-7-5-6-8-12(11)16(19)20/h5-8,15H,3-4,9-10H2,1-2H3,(H,17,18). The van der Waals surface area contributed by atoms with Gasteiger partial charge in [0.2, 0.25) is 0 Å². The fraction of sp³-hybridized carbons (Fsp3) is 0.500. The van der Waals surface area contributed by atoms with Gasteiger partial charge in [0.05, 0.1) is 10.3 Å². The molecular weight excluding hydrogens is 260 g/mol. The van der Waals surface area contributed by atoms with E-state index >= 15 is 0 Å². The SMILES string of the molecule is CCC(CC)(CNCc1ccccc1[N+](=O)[O-])C(=O)O. The van der Waals surface area contributed by atoms with Gasteiger partial charge >= 0.3 is 5.97 Å². The number of aliphatic carboxylic acids is 1. The van der Waals surface area contributed by atoms with Gasteiger partial charge in [0.1, 0.15) is 0 Å². The Bertz CT molecular complexity index is 484. The second kappa shape index (κ2) is 7.00. The van der Waals surface area contributed by atoms with Gasteiger partial charge in [-0.3, -0.25) is 14.9 Å². The van der Waals surface area contributed by atoms with Gasteiger partial charge in [-0.15, -0.1) is 0 Å². The molecule has 6 nitrogen and oxygen atoms in total. The monoisotopic (exact) mass is 280 g/mol. The molecule has 0 aliphatic heterocycles. The maximum atomic E-state index is 11.4. The Hall–Kier alpha value is -1.95. The summed E-state index contributed by atoms with van der Waals surface area (Å²) in [6, 6.07) is 6.46. The van der Waals surface area contributed by atoms with Crippen LogP contribution in [0, 0.1) is 15.5 Å². The van der Waals surface area contributed by atoms with E-state index in [9.17, 15) is 20.0 Å². The van der Waals surface area contributed by atoms with E-state index in [2.05, 4.69) is 5.32 Å². The van der Waals surface area contributed by atoms with E-state index in [0.717, 1.165) is 0 Å². The van der Waals surface area contributed by atoms with Crippen LogP contribution in [0.25, 0.3) is 0 Å². The Labute approximate surface area is 118 Å². The first-order valence-electron chi connectivity index (χ1n) is 6.63. The van der Waals surface area contributed by atoms with Gasteiger partial charge in [-0.05, 0) is 12.8 Å². The van der Waals surface area contributed by atoms with E-state index in [0.29, 0.717) is 24.9 Å². The molecule has 0 unspecified atom stereocenters. The summed E-state index contributed by atoms with van der Waals surface area (Å²) in [6.07, 6.45) is 1.03. The molecule has 0 aromatic heterocycles. The van der Waals surface area contributed by atoms with E-state index in [-0.39, 0.29) is 12.2 Å². The van der Waals surface area contributed by atoms with Crippen molar-refractivity contribution >= 4 is 11.7 Å². The molecule has 0 saturated carbocycles. The minimum atomic E-state index is -0.836. The van der Waals surface area contributed by atoms with Gasteiger partial charge in [0.25, 0.3) is 5.69 Å². The van der Waals surface area contributed by atoms with Crippen LogP contribution >= 0.6 is 0 Å². The lowest BCUT2D eigenvalue weighted by Gasteiger charge is -2.26. The molecular formula is C14H20N2O4. The molecule has 0 saturated heterocycles. The maximum absolute atomic E-state index is 11.4. The van der Waals surface area contributed by atoms with E-state index in [1.165, 1.54) is 6.07 Å². The third-order valence-corrected chi connectivity index (χ3v) is 3.77. The molecule has 1 aromatic carbocycles. The Morgan fingerprint density at radius 1 is 1.35 bits per heavy atom. The maximum Gasteiger partial charge on any atom is 0.310 e. The Morgan fingerprint density at radius 3 is 2.45 bits per heavy atom. The fourth-order valence-corrected chi connectivity index (χ4v) is 2.15. The number of carbonyl (C=O) groups is 1. The number of nitrogens with one attached hydrogen (secondary N) is 1. The van der Waals surface area contributed by atoms with Gasteiger partial charge in [0.15, 0.2) is 0 Å². The van der Waals surface area contributed by atoms with Crippen molar-refractivity contribution in [1.82, 2.24) is 5.32 Å². The molecule has 20 heavy (non-hydrogen) atoms. The number of nitro groups is 1. The van der Waals surface area contributed by atoms with Crippen LogP contribution < -0.4 is 5.32 Å². The van der Waals surface area contributed by atoms with Gasteiger partial charge < -0.3 is 10.4 Å². The zero-order chi connectivity index (χ0) is 15.2. The number of rotatable bonds is 8. The van der Waals surface area contributed by atoms with Crippen LogP contribution in [0.4, 0.5) is 5.69 Å². The average molecular weight is 280 g/mol. The molecule has 0 amide bonds. The van der Waals surface area contributed by atoms with E-state index < -0.39 is 16.3 Å². The number of para-hydroxylation sites is 1. The van der Waals surface area contributed by atoms with Crippen LogP contribution in [0.1, 0.15) is 32.3 Å². The lowest BCUT2D eigenvalue weighted by molar-refractivity contribution is -0.385. The number of hydrogen-bond donors (Lipinski definition) is 2. The van der Waals surface area contributed by atoms with Crippen LogP contribution in [0.15, 0.2) is 24.3 Å². The molecule has 6 heteroatoms. The first kappa shape index (κ1) is 16.1. The Morgan fingerprint density at radius 2 is 1.95 bits per heavy atom. The predicted octanol–water partition coefficient (Wildman–Crippen LogP) is 2.58. The summed E-state index contributed by atoms with van der Waals surface area (Å²) in [5.74, 6) is -0.836. The highest BCUT2D eigenvalue weighted by Gasteiger charge is 2.34. The highest BCUT2D eigenvalue weighted by Crippen LogP contribution is 2.26. The number of hydrogen-bond acceptors (Lipinski definition) is 4. The normalized spacial score (nSPS) is 11.3. The molecule has 0 aliphatic rings. The van der Waals surface area contributed by atoms with Crippen molar-refractivity contribution in [3.05, 3.63) is 39.9 Å². The number of nitrogens with zero attached hydrogens (tertiary/aromatic N) is 1. The molecule has 0 heterocycles. The van der Waals surface area contributed by atoms with Gasteiger partial charge in [0, 0.05) is 24.7 Å². The van der Waals surface area contributed by atoms with Crippen molar-refractivity contribution in [1.29, 1.82) is 0 Å². The summed E-state index contributed by atoms with van der Waals surface area (Å²) in [6.45, 7) is 4.25. The summed E-state index contributed by atoms with van der Waals surface area (Å²) in [5, 5.41) is 23.2. The van der Waals surface area contributed by atoms with Crippen LogP contribution in [-0.4, -0.2) is 22.5 Å². The van der Waals surface area contributed by atoms with Crippen molar-refractivity contribution in [3.8, 4) is 0 Å². The van der Waals surface area contributed by atoms with E-state index in [1.807, 2.05) is 13.8 Å². The highest BCUT2D eigenvalue weighted by atomic mass is 16.6. The summed E-state index contributed by atoms with van der Waals surface area (Å²) in [5.41, 5.74) is -0.207. The summed E-state index contributed by atoms with van der Waals surface area (Å²) in [4.78, 5) is 21.8. The molecule has 0 aliphatic carbocycles. The molecule has 0 radical (unpaired) electrons. The van der Waals surface area contributed by atoms with Crippen LogP contribution in [0.5, 0.6) is 0 Å². The zero-order valence-corrected chi connectivity index (χ0v) is 11.8. The summed E-state index contributed by atoms with van der Waals surface area (Å²) >= 11 is 0. The van der Waals surface area contributed by atoms with Crippen molar-refractivity contribution in [2.45, 2.75) is 33.2 Å². The third kappa shape index (κ3) is 3.54. The predicted molar refractivity (Wildman–Crippen MR) is 75.5 cm³/mol. The Balaban J connectivity index is 2.73. The van der Waals surface area contributed by atoms with Crippen LogP contribution in [0.2, 0.25) is 0 Å². The summed E-state index contributed by atoms with van der Waals surface area (Å²) in [7, 11) is 0. The van der Waals surface area contributed by atoms with Gasteiger partial charge in [-0.25, -0.2) is 0 Å². The van der Waals surface area contributed by atoms with Crippen LogP contribution in [-0.2, 0) is 11.3 Å². The van der Waals surface area contributed by atoms with Crippen molar-refractivity contribution in [3.63, 3.8) is 0 Å². The van der Waals surface area contributed by atoms with Crippen molar-refractivity contribution in [2.75, 3.05) is 6.54 Å². The molecule has 2 N–H and O–H groups in total. The van der Waals surface area contributed by atoms with Gasteiger partial charge in [-0.1, -0.05) is 32.0 Å². The van der Waals surface area contributed by atoms with E-state index in [1.54, 1.807) is 18.2 Å². The highest BCUT2D eigenvalue weighted by molar-refractivity contribution is 5.74. The molecule has 0 bridgehead atoms. The zero-order valence-electron chi connectivity index (χ0n) is 11.8. The number of carboxylic acids is 1. The van der Waals surface area contributed by atoms with Crippen molar-refractivity contribution in [2.24, 2.45) is 5.41 Å². The second-order valence-corrected chi connectivity index (χ2v) is 4.78. The lowest BCUT2D eigenvalue weighted by Crippen LogP contribution is -2.40. The number of nitro benzene ring substituents is 1. The molecule has 1 rings (SSSR count). The average Bonchev–Trinajstić information content (AvgIpc) is 2.44. The minimum absolute atomic E-state index is 0.0499. The summed E-state index contributed by atoms with van der Waals surface area (Å²) < 4.78 is 0. The number of carboxylic acid groups (broad SMARTS) is 1. The Kier molecular flexibility index (Phi) is 5.64. The van der Waals surface area contributed by atoms with E-state index in [4.69, 9.17) is 0 Å². The molecule has 0 fully saturated rings. The third-order valence-electron chi connectivity index (χ3n) is 3.77. The molecule has 0 spiro atoms. The largest absolute Gasteiger partial charge is 0.481 e. The topological polar surface area (TPSA) is 92.5 Å². The number of benzene rings is 1. The fourth-order valence-electron chi connectivity index (χ4n) is 2.15. The molecule has 1 aromatic rings. The van der Waals surface area contributed by atoms with Crippen LogP contribution in [0.3, 0.4) is 0 Å². The minimum Gasteiger partial charge on any atom is -0.481 e. The smallest absolute Gasteiger partial charge is 0.310 e. The molecule has 0 atom stereocenters. The lowest BCUT2D eigenvalue weighted by atomic mass is 9.82.